The lowest BCUT2D eigenvalue weighted by Crippen LogP contribution is -2.40. The van der Waals surface area contributed by atoms with Crippen molar-refractivity contribution in [2.24, 2.45) is 5.14 Å². The molecule has 2 aromatic rings. The Balaban J connectivity index is 1.61. The van der Waals surface area contributed by atoms with Crippen LogP contribution in [-0.2, 0) is 10.0 Å². The number of sulfonamides is 1. The van der Waals surface area contributed by atoms with Gasteiger partial charge in [0, 0.05) is 36.3 Å². The van der Waals surface area contributed by atoms with Crippen molar-refractivity contribution in [1.82, 2.24) is 10.3 Å². The Morgan fingerprint density at radius 1 is 1.38 bits per heavy atom. The van der Waals surface area contributed by atoms with Gasteiger partial charge in [0.1, 0.15) is 0 Å². The topological polar surface area (TPSA) is 105 Å². The number of thiazole rings is 1. The molecule has 1 aliphatic rings. The number of primary sulfonamides is 1. The second-order valence-electron chi connectivity index (χ2n) is 5.58. The minimum Gasteiger partial charge on any atom is -0.350 e. The molecule has 1 aromatic carbocycles. The summed E-state index contributed by atoms with van der Waals surface area (Å²) in [5.74, 6) is -0.234. The molecule has 3 N–H and O–H groups in total. The van der Waals surface area contributed by atoms with E-state index < -0.39 is 10.0 Å². The van der Waals surface area contributed by atoms with Crippen LogP contribution in [0.5, 0.6) is 0 Å². The molecule has 1 unspecified atom stereocenters. The molecule has 0 saturated carbocycles. The smallest absolute Gasteiger partial charge is 0.251 e. The van der Waals surface area contributed by atoms with Crippen LogP contribution in [0.1, 0.15) is 23.2 Å². The first-order valence-electron chi connectivity index (χ1n) is 7.52. The van der Waals surface area contributed by atoms with Gasteiger partial charge in [-0.15, -0.1) is 11.3 Å². The van der Waals surface area contributed by atoms with Crippen LogP contribution in [0.15, 0.2) is 40.7 Å². The number of carbonyl (C=O) groups is 1. The van der Waals surface area contributed by atoms with Gasteiger partial charge in [-0.2, -0.15) is 0 Å². The van der Waals surface area contributed by atoms with Crippen molar-refractivity contribution >= 4 is 32.4 Å². The van der Waals surface area contributed by atoms with E-state index in [0.717, 1.165) is 24.5 Å². The van der Waals surface area contributed by atoms with Crippen LogP contribution < -0.4 is 15.4 Å². The summed E-state index contributed by atoms with van der Waals surface area (Å²) in [6.45, 7) is 1.46. The van der Waals surface area contributed by atoms with Crippen LogP contribution >= 0.6 is 11.3 Å². The normalized spacial score (nSPS) is 17.9. The fourth-order valence-electron chi connectivity index (χ4n) is 2.77. The molecule has 0 spiro atoms. The highest BCUT2D eigenvalue weighted by Gasteiger charge is 2.26. The standard InChI is InChI=1S/C15H18N4O3S2/c16-24(21,22)13-5-3-11(4-6-13)14(20)18-10-12-2-1-8-19(12)15-17-7-9-23-15/h3-7,9,12H,1-2,8,10H2,(H,18,20)(H2,16,21,22). The number of anilines is 1. The number of nitrogens with two attached hydrogens (primary N) is 1. The van der Waals surface area contributed by atoms with E-state index in [-0.39, 0.29) is 16.8 Å². The van der Waals surface area contributed by atoms with Crippen LogP contribution in [0.3, 0.4) is 0 Å². The van der Waals surface area contributed by atoms with E-state index in [1.165, 1.54) is 24.3 Å². The fourth-order valence-corrected chi connectivity index (χ4v) is 4.02. The van der Waals surface area contributed by atoms with Gasteiger partial charge in [-0.25, -0.2) is 18.5 Å². The second kappa shape index (κ2) is 6.88. The average molecular weight is 366 g/mol. The Hall–Kier alpha value is -1.97. The highest BCUT2D eigenvalue weighted by atomic mass is 32.2. The zero-order chi connectivity index (χ0) is 17.2. The number of benzene rings is 1. The van der Waals surface area contributed by atoms with Gasteiger partial charge in [-0.1, -0.05) is 0 Å². The molecule has 1 aromatic heterocycles. The van der Waals surface area contributed by atoms with Crippen LogP contribution in [0, 0.1) is 0 Å². The molecule has 9 heteroatoms. The molecule has 1 atom stereocenters. The predicted molar refractivity (Wildman–Crippen MR) is 92.6 cm³/mol. The Morgan fingerprint density at radius 2 is 2.12 bits per heavy atom. The molecular weight excluding hydrogens is 348 g/mol. The molecule has 24 heavy (non-hydrogen) atoms. The molecule has 1 aliphatic heterocycles. The van der Waals surface area contributed by atoms with Crippen LogP contribution in [0.4, 0.5) is 5.13 Å². The Bertz CT molecular complexity index is 804. The lowest BCUT2D eigenvalue weighted by Gasteiger charge is -2.24. The minimum atomic E-state index is -3.75. The number of nitrogens with one attached hydrogen (secondary N) is 1. The number of carbonyl (C=O) groups excluding carboxylic acids is 1. The molecule has 3 rings (SSSR count). The van der Waals surface area contributed by atoms with Crippen LogP contribution in [0.25, 0.3) is 0 Å². The van der Waals surface area contributed by atoms with Crippen molar-refractivity contribution in [3.63, 3.8) is 0 Å². The fraction of sp³-hybridized carbons (Fsp3) is 0.333. The van der Waals surface area contributed by atoms with Gasteiger partial charge in [-0.3, -0.25) is 4.79 Å². The van der Waals surface area contributed by atoms with Crippen molar-refractivity contribution in [1.29, 1.82) is 0 Å². The number of rotatable bonds is 5. The largest absolute Gasteiger partial charge is 0.350 e. The maximum absolute atomic E-state index is 12.2. The summed E-state index contributed by atoms with van der Waals surface area (Å²) < 4.78 is 22.5. The number of amides is 1. The van der Waals surface area contributed by atoms with Crippen LogP contribution in [0.2, 0.25) is 0 Å². The zero-order valence-corrected chi connectivity index (χ0v) is 14.5. The van der Waals surface area contributed by atoms with Gasteiger partial charge in [0.25, 0.3) is 5.91 Å². The van der Waals surface area contributed by atoms with Gasteiger partial charge in [-0.05, 0) is 37.1 Å². The summed E-state index contributed by atoms with van der Waals surface area (Å²) in [4.78, 5) is 18.8. The van der Waals surface area contributed by atoms with E-state index >= 15 is 0 Å². The summed E-state index contributed by atoms with van der Waals surface area (Å²) in [5.41, 5.74) is 0.404. The molecule has 2 heterocycles. The first-order chi connectivity index (χ1) is 11.4. The maximum atomic E-state index is 12.2. The molecule has 0 aliphatic carbocycles. The minimum absolute atomic E-state index is 0.00946. The number of hydrogen-bond donors (Lipinski definition) is 2. The average Bonchev–Trinajstić information content (AvgIpc) is 3.22. The first kappa shape index (κ1) is 16.9. The third kappa shape index (κ3) is 3.74. The summed E-state index contributed by atoms with van der Waals surface area (Å²) in [5, 5.41) is 10.9. The Morgan fingerprint density at radius 3 is 2.75 bits per heavy atom. The maximum Gasteiger partial charge on any atom is 0.251 e. The van der Waals surface area contributed by atoms with Gasteiger partial charge < -0.3 is 10.2 Å². The molecule has 1 saturated heterocycles. The van der Waals surface area contributed by atoms with Crippen molar-refractivity contribution in [2.45, 2.75) is 23.8 Å². The van der Waals surface area contributed by atoms with Gasteiger partial charge >= 0.3 is 0 Å². The summed E-state index contributed by atoms with van der Waals surface area (Å²) in [6, 6.07) is 5.82. The van der Waals surface area contributed by atoms with E-state index in [4.69, 9.17) is 5.14 Å². The Kier molecular flexibility index (Phi) is 4.83. The van der Waals surface area contributed by atoms with Crippen molar-refractivity contribution < 1.29 is 13.2 Å². The van der Waals surface area contributed by atoms with E-state index in [2.05, 4.69) is 15.2 Å². The Labute approximate surface area is 144 Å². The SMILES string of the molecule is NS(=O)(=O)c1ccc(C(=O)NCC2CCCN2c2nccs2)cc1. The number of nitrogens with zero attached hydrogens (tertiary/aromatic N) is 2. The summed E-state index contributed by atoms with van der Waals surface area (Å²) in [6.07, 6.45) is 3.86. The predicted octanol–water partition coefficient (Wildman–Crippen LogP) is 1.19. The molecule has 1 amide bonds. The van der Waals surface area contributed by atoms with Crippen molar-refractivity contribution in [3.8, 4) is 0 Å². The molecule has 0 radical (unpaired) electrons. The van der Waals surface area contributed by atoms with Crippen molar-refractivity contribution in [2.75, 3.05) is 18.0 Å². The quantitative estimate of drug-likeness (QED) is 0.827. The van der Waals surface area contributed by atoms with E-state index in [9.17, 15) is 13.2 Å². The highest BCUT2D eigenvalue weighted by Crippen LogP contribution is 2.26. The van der Waals surface area contributed by atoms with Crippen molar-refractivity contribution in [3.05, 3.63) is 41.4 Å². The number of aromatic nitrogens is 1. The van der Waals surface area contributed by atoms with E-state index in [1.807, 2.05) is 5.38 Å². The van der Waals surface area contributed by atoms with Gasteiger partial charge in [0.05, 0.1) is 4.90 Å². The third-order valence-corrected chi connectivity index (χ3v) is 5.72. The molecular formula is C15H18N4O3S2. The highest BCUT2D eigenvalue weighted by molar-refractivity contribution is 7.89. The monoisotopic (exact) mass is 366 g/mol. The van der Waals surface area contributed by atoms with E-state index in [1.54, 1.807) is 17.5 Å². The summed E-state index contributed by atoms with van der Waals surface area (Å²) >= 11 is 1.59. The lowest BCUT2D eigenvalue weighted by molar-refractivity contribution is 0.0951. The molecule has 0 bridgehead atoms. The molecule has 7 nitrogen and oxygen atoms in total. The molecule has 1 fully saturated rings. The van der Waals surface area contributed by atoms with Gasteiger partial charge in [0.15, 0.2) is 5.13 Å². The molecule has 128 valence electrons. The number of hydrogen-bond acceptors (Lipinski definition) is 6. The van der Waals surface area contributed by atoms with Gasteiger partial charge in [0.2, 0.25) is 10.0 Å². The lowest BCUT2D eigenvalue weighted by atomic mass is 10.2. The van der Waals surface area contributed by atoms with Crippen LogP contribution in [-0.4, -0.2) is 38.4 Å². The first-order valence-corrected chi connectivity index (χ1v) is 9.95. The third-order valence-electron chi connectivity index (χ3n) is 3.99. The zero-order valence-electron chi connectivity index (χ0n) is 12.9. The van der Waals surface area contributed by atoms with E-state index in [0.29, 0.717) is 12.1 Å². The summed E-state index contributed by atoms with van der Waals surface area (Å²) in [7, 11) is -3.75. The second-order valence-corrected chi connectivity index (χ2v) is 8.02.